The van der Waals surface area contributed by atoms with E-state index in [0.29, 0.717) is 0 Å². The normalized spacial score (nSPS) is 14.8. The first-order valence-corrected chi connectivity index (χ1v) is 10.1. The van der Waals surface area contributed by atoms with Gasteiger partial charge in [-0.05, 0) is 72.6 Å². The summed E-state index contributed by atoms with van der Waals surface area (Å²) < 4.78 is 2.43. The minimum absolute atomic E-state index is 0.804. The number of hydrogen-bond donors (Lipinski definition) is 0. The summed E-state index contributed by atoms with van der Waals surface area (Å²) in [5, 5.41) is 2.09. The number of benzene rings is 2. The third-order valence-corrected chi connectivity index (χ3v) is 5.99. The second-order valence-corrected chi connectivity index (χ2v) is 7.94. The number of likely N-dealkylation sites (N-methyl/N-ethyl adjacent to an activating group) is 1. The summed E-state index contributed by atoms with van der Waals surface area (Å²) in [7, 11) is 2.20. The van der Waals surface area contributed by atoms with Crippen LogP contribution in [0.4, 0.5) is 0 Å². The van der Waals surface area contributed by atoms with E-state index in [1.807, 2.05) is 30.6 Å². The molecule has 3 heterocycles. The van der Waals surface area contributed by atoms with Crippen LogP contribution >= 0.6 is 11.6 Å². The molecule has 0 radical (unpaired) electrons. The lowest BCUT2D eigenvalue weighted by Gasteiger charge is -2.14. The maximum atomic E-state index is 6.35. The minimum atomic E-state index is 0.804. The zero-order valence-corrected chi connectivity index (χ0v) is 16.7. The Balaban J connectivity index is 1.66. The topological polar surface area (TPSA) is 21.1 Å². The van der Waals surface area contributed by atoms with Gasteiger partial charge in [-0.3, -0.25) is 4.98 Å². The van der Waals surface area contributed by atoms with Crippen LogP contribution < -0.4 is 0 Å². The number of rotatable bonds is 2. The van der Waals surface area contributed by atoms with Crippen molar-refractivity contribution in [3.8, 4) is 16.8 Å². The van der Waals surface area contributed by atoms with Gasteiger partial charge in [-0.25, -0.2) is 0 Å². The Hall–Kier alpha value is -2.62. The third kappa shape index (κ3) is 3.01. The highest BCUT2D eigenvalue weighted by Gasteiger charge is 2.21. The second-order valence-electron chi connectivity index (χ2n) is 7.51. The van der Waals surface area contributed by atoms with Crippen molar-refractivity contribution in [2.75, 3.05) is 20.1 Å². The molecular weight excluding hydrogens is 366 g/mol. The van der Waals surface area contributed by atoms with Gasteiger partial charge in [0.05, 0.1) is 5.52 Å². The molecule has 0 saturated carbocycles. The Labute approximate surface area is 170 Å². The van der Waals surface area contributed by atoms with E-state index >= 15 is 0 Å². The first-order chi connectivity index (χ1) is 13.7. The second kappa shape index (κ2) is 7.08. The Morgan fingerprint density at radius 2 is 1.57 bits per heavy atom. The number of fused-ring (bicyclic) bond motifs is 3. The number of halogens is 1. The largest absolute Gasteiger partial charge is 0.313 e. The van der Waals surface area contributed by atoms with Gasteiger partial charge < -0.3 is 9.47 Å². The molecule has 0 spiro atoms. The molecule has 1 aliphatic rings. The smallest absolute Gasteiger partial charge is 0.0535 e. The van der Waals surface area contributed by atoms with Gasteiger partial charge in [0.25, 0.3) is 0 Å². The first kappa shape index (κ1) is 17.5. The molecule has 0 N–H and O–H groups in total. The maximum Gasteiger partial charge on any atom is 0.0535 e. The quantitative estimate of drug-likeness (QED) is 0.460. The Morgan fingerprint density at radius 1 is 0.857 bits per heavy atom. The molecule has 0 bridgehead atoms. The van der Waals surface area contributed by atoms with Gasteiger partial charge in [0.1, 0.15) is 0 Å². The van der Waals surface area contributed by atoms with Crippen LogP contribution in [-0.2, 0) is 12.8 Å². The van der Waals surface area contributed by atoms with Crippen LogP contribution in [0.5, 0.6) is 0 Å². The summed E-state index contributed by atoms with van der Waals surface area (Å²) in [6, 6.07) is 19.2. The molecule has 4 aromatic rings. The lowest BCUT2D eigenvalue weighted by Crippen LogP contribution is -2.21. The zero-order chi connectivity index (χ0) is 19.1. The molecule has 0 saturated heterocycles. The van der Waals surface area contributed by atoms with Crippen molar-refractivity contribution >= 4 is 22.5 Å². The van der Waals surface area contributed by atoms with Crippen molar-refractivity contribution in [3.05, 3.63) is 83.3 Å². The molecule has 0 aliphatic carbocycles. The highest BCUT2D eigenvalue weighted by atomic mass is 35.5. The molecule has 0 unspecified atom stereocenters. The van der Waals surface area contributed by atoms with Gasteiger partial charge in [0, 0.05) is 53.7 Å². The Kier molecular flexibility index (Phi) is 4.42. The standard InChI is InChI=1S/C24H22ClN3/c1-27-14-10-21-22-16-19(25)4-7-23(22)28(24(21)11-15-27)20-5-2-17(3-6-20)18-8-12-26-13-9-18/h2-9,12-13,16H,10-11,14-15H2,1H3. The van der Waals surface area contributed by atoms with Gasteiger partial charge in [0.15, 0.2) is 0 Å². The van der Waals surface area contributed by atoms with E-state index in [1.165, 1.54) is 39.0 Å². The van der Waals surface area contributed by atoms with Crippen molar-refractivity contribution < 1.29 is 0 Å². The monoisotopic (exact) mass is 387 g/mol. The van der Waals surface area contributed by atoms with Crippen LogP contribution in [0.15, 0.2) is 67.0 Å². The molecule has 0 fully saturated rings. The van der Waals surface area contributed by atoms with E-state index in [-0.39, 0.29) is 0 Å². The predicted octanol–water partition coefficient (Wildman–Crippen LogP) is 5.38. The molecule has 2 aromatic carbocycles. The average molecular weight is 388 g/mol. The fourth-order valence-corrected chi connectivity index (χ4v) is 4.45. The fraction of sp³-hybridized carbons (Fsp3) is 0.208. The molecule has 2 aromatic heterocycles. The van der Waals surface area contributed by atoms with Crippen molar-refractivity contribution in [2.24, 2.45) is 0 Å². The average Bonchev–Trinajstić information content (AvgIpc) is 2.90. The molecule has 0 atom stereocenters. The predicted molar refractivity (Wildman–Crippen MR) is 116 cm³/mol. The van der Waals surface area contributed by atoms with Crippen LogP contribution in [0.2, 0.25) is 5.02 Å². The maximum absolute atomic E-state index is 6.35. The lowest BCUT2D eigenvalue weighted by atomic mass is 10.1. The minimum Gasteiger partial charge on any atom is -0.313 e. The van der Waals surface area contributed by atoms with Gasteiger partial charge in [-0.15, -0.1) is 0 Å². The molecule has 1 aliphatic heterocycles. The number of pyridine rings is 1. The van der Waals surface area contributed by atoms with E-state index in [9.17, 15) is 0 Å². The van der Waals surface area contributed by atoms with Gasteiger partial charge in [0.2, 0.25) is 0 Å². The van der Waals surface area contributed by atoms with E-state index in [4.69, 9.17) is 11.6 Å². The summed E-state index contributed by atoms with van der Waals surface area (Å²) >= 11 is 6.35. The van der Waals surface area contributed by atoms with Crippen molar-refractivity contribution in [1.29, 1.82) is 0 Å². The molecule has 0 amide bonds. The first-order valence-electron chi connectivity index (χ1n) is 9.72. The molecular formula is C24H22ClN3. The third-order valence-electron chi connectivity index (χ3n) is 5.76. The highest BCUT2D eigenvalue weighted by molar-refractivity contribution is 6.31. The summed E-state index contributed by atoms with van der Waals surface area (Å²) in [5.74, 6) is 0. The molecule has 28 heavy (non-hydrogen) atoms. The molecule has 140 valence electrons. The van der Waals surface area contributed by atoms with E-state index in [0.717, 1.165) is 31.0 Å². The van der Waals surface area contributed by atoms with Crippen LogP contribution in [0.3, 0.4) is 0 Å². The van der Waals surface area contributed by atoms with Crippen LogP contribution in [-0.4, -0.2) is 34.6 Å². The van der Waals surface area contributed by atoms with E-state index in [2.05, 4.69) is 57.9 Å². The Bertz CT molecular complexity index is 1130. The molecule has 4 heteroatoms. The summed E-state index contributed by atoms with van der Waals surface area (Å²) in [6.45, 7) is 2.16. The summed E-state index contributed by atoms with van der Waals surface area (Å²) in [5.41, 5.74) is 7.70. The van der Waals surface area contributed by atoms with Gasteiger partial charge in [-0.1, -0.05) is 23.7 Å². The van der Waals surface area contributed by atoms with E-state index < -0.39 is 0 Å². The van der Waals surface area contributed by atoms with E-state index in [1.54, 1.807) is 0 Å². The fourth-order valence-electron chi connectivity index (χ4n) is 4.28. The number of nitrogens with zero attached hydrogens (tertiary/aromatic N) is 3. The molecule has 5 rings (SSSR count). The summed E-state index contributed by atoms with van der Waals surface area (Å²) in [4.78, 5) is 6.52. The van der Waals surface area contributed by atoms with Crippen LogP contribution in [0.1, 0.15) is 11.3 Å². The highest BCUT2D eigenvalue weighted by Crippen LogP contribution is 2.34. The Morgan fingerprint density at radius 3 is 2.36 bits per heavy atom. The number of hydrogen-bond acceptors (Lipinski definition) is 2. The van der Waals surface area contributed by atoms with Gasteiger partial charge in [-0.2, -0.15) is 0 Å². The van der Waals surface area contributed by atoms with Gasteiger partial charge >= 0.3 is 0 Å². The summed E-state index contributed by atoms with van der Waals surface area (Å²) in [6.07, 6.45) is 5.78. The lowest BCUT2D eigenvalue weighted by molar-refractivity contribution is 0.351. The zero-order valence-electron chi connectivity index (χ0n) is 15.9. The van der Waals surface area contributed by atoms with Crippen molar-refractivity contribution in [1.82, 2.24) is 14.5 Å². The van der Waals surface area contributed by atoms with Crippen molar-refractivity contribution in [3.63, 3.8) is 0 Å². The van der Waals surface area contributed by atoms with Crippen LogP contribution in [0.25, 0.3) is 27.7 Å². The SMILES string of the molecule is CN1CCc2c(n(-c3ccc(-c4ccncc4)cc3)c3ccc(Cl)cc23)CC1. The number of aromatic nitrogens is 2. The molecule has 3 nitrogen and oxygen atoms in total. The van der Waals surface area contributed by atoms with Crippen LogP contribution in [0, 0.1) is 0 Å². The van der Waals surface area contributed by atoms with Crippen molar-refractivity contribution in [2.45, 2.75) is 12.8 Å².